The number of hydrogen-bond acceptors (Lipinski definition) is 4. The average Bonchev–Trinajstić information content (AvgIpc) is 2.96. The lowest BCUT2D eigenvalue weighted by Gasteiger charge is -2.06. The third kappa shape index (κ3) is 2.53. The first-order chi connectivity index (χ1) is 12.1. The first-order valence-electron chi connectivity index (χ1n) is 7.68. The summed E-state index contributed by atoms with van der Waals surface area (Å²) in [4.78, 5) is 21.0. The van der Waals surface area contributed by atoms with Crippen molar-refractivity contribution in [2.45, 2.75) is 0 Å². The lowest BCUT2D eigenvalue weighted by molar-refractivity contribution is 0.0601. The van der Waals surface area contributed by atoms with Crippen molar-refractivity contribution in [3.05, 3.63) is 59.2 Å². The molecule has 0 bridgehead atoms. The molecule has 0 atom stereocenters. The number of hydrogen-bond donors (Lipinski definition) is 0. The summed E-state index contributed by atoms with van der Waals surface area (Å²) in [6, 6.07) is 12.9. The Labute approximate surface area is 148 Å². The van der Waals surface area contributed by atoms with Gasteiger partial charge in [-0.15, -0.1) is 0 Å². The standard InChI is InChI=1S/C19H14ClN3O2/c1-23-16-10-12(19(24)25-2)3-6-15(16)22-18(23)17-14-5-4-13(20)9-11(14)7-8-21-17/h3-10H,1-2H3. The zero-order chi connectivity index (χ0) is 17.6. The van der Waals surface area contributed by atoms with E-state index in [1.807, 2.05) is 41.9 Å². The van der Waals surface area contributed by atoms with E-state index in [9.17, 15) is 4.79 Å². The molecule has 2 aromatic carbocycles. The van der Waals surface area contributed by atoms with Gasteiger partial charge in [-0.25, -0.2) is 9.78 Å². The van der Waals surface area contributed by atoms with E-state index in [2.05, 4.69) is 4.98 Å². The number of carbonyl (C=O) groups is 1. The molecule has 0 saturated carbocycles. The number of aryl methyl sites for hydroxylation is 1. The Hall–Kier alpha value is -2.92. The van der Waals surface area contributed by atoms with Gasteiger partial charge in [-0.3, -0.25) is 4.98 Å². The summed E-state index contributed by atoms with van der Waals surface area (Å²) in [6.45, 7) is 0. The molecule has 4 rings (SSSR count). The fourth-order valence-electron chi connectivity index (χ4n) is 2.97. The van der Waals surface area contributed by atoms with Gasteiger partial charge in [-0.2, -0.15) is 0 Å². The van der Waals surface area contributed by atoms with Crippen LogP contribution in [-0.4, -0.2) is 27.6 Å². The van der Waals surface area contributed by atoms with E-state index in [0.29, 0.717) is 10.6 Å². The number of benzene rings is 2. The molecule has 2 aromatic heterocycles. The highest BCUT2D eigenvalue weighted by Crippen LogP contribution is 2.30. The molecule has 0 aliphatic rings. The third-order valence-corrected chi connectivity index (χ3v) is 4.48. The van der Waals surface area contributed by atoms with Crippen molar-refractivity contribution in [1.82, 2.24) is 14.5 Å². The first kappa shape index (κ1) is 15.6. The molecule has 0 aliphatic carbocycles. The average molecular weight is 352 g/mol. The van der Waals surface area contributed by atoms with Crippen molar-refractivity contribution in [2.75, 3.05) is 7.11 Å². The van der Waals surface area contributed by atoms with E-state index in [-0.39, 0.29) is 5.97 Å². The van der Waals surface area contributed by atoms with Crippen LogP contribution >= 0.6 is 11.6 Å². The monoisotopic (exact) mass is 351 g/mol. The van der Waals surface area contributed by atoms with Gasteiger partial charge >= 0.3 is 5.97 Å². The Morgan fingerprint density at radius 2 is 2.00 bits per heavy atom. The fraction of sp³-hybridized carbons (Fsp3) is 0.105. The van der Waals surface area contributed by atoms with Crippen molar-refractivity contribution in [3.63, 3.8) is 0 Å². The number of carbonyl (C=O) groups excluding carboxylic acids is 1. The van der Waals surface area contributed by atoms with Gasteiger partial charge in [-0.05, 0) is 41.8 Å². The fourth-order valence-corrected chi connectivity index (χ4v) is 3.15. The summed E-state index contributed by atoms with van der Waals surface area (Å²) in [7, 11) is 3.27. The highest BCUT2D eigenvalue weighted by molar-refractivity contribution is 6.31. The van der Waals surface area contributed by atoms with Crippen LogP contribution in [0.5, 0.6) is 0 Å². The molecule has 0 amide bonds. The van der Waals surface area contributed by atoms with Crippen LogP contribution in [0.4, 0.5) is 0 Å². The summed E-state index contributed by atoms with van der Waals surface area (Å²) in [5.74, 6) is 0.354. The van der Waals surface area contributed by atoms with Crippen LogP contribution in [0.2, 0.25) is 5.02 Å². The Balaban J connectivity index is 1.96. The second-order valence-electron chi connectivity index (χ2n) is 5.71. The van der Waals surface area contributed by atoms with Gasteiger partial charge in [0, 0.05) is 23.7 Å². The molecule has 0 radical (unpaired) electrons. The Bertz CT molecular complexity index is 1130. The molecule has 25 heavy (non-hydrogen) atoms. The predicted octanol–water partition coefficient (Wildman–Crippen LogP) is 4.23. The van der Waals surface area contributed by atoms with Gasteiger partial charge in [0.15, 0.2) is 5.82 Å². The number of methoxy groups -OCH3 is 1. The van der Waals surface area contributed by atoms with Gasteiger partial charge in [0.05, 0.1) is 23.7 Å². The third-order valence-electron chi connectivity index (χ3n) is 4.24. The molecule has 5 nitrogen and oxygen atoms in total. The van der Waals surface area contributed by atoms with Gasteiger partial charge in [0.25, 0.3) is 0 Å². The van der Waals surface area contributed by atoms with E-state index < -0.39 is 0 Å². The molecule has 0 spiro atoms. The van der Waals surface area contributed by atoms with Gasteiger partial charge in [0.2, 0.25) is 0 Å². The van der Waals surface area contributed by atoms with Crippen LogP contribution in [0.25, 0.3) is 33.3 Å². The van der Waals surface area contributed by atoms with Crippen LogP contribution < -0.4 is 0 Å². The van der Waals surface area contributed by atoms with Crippen molar-refractivity contribution >= 4 is 39.4 Å². The van der Waals surface area contributed by atoms with Crippen LogP contribution in [0, 0.1) is 0 Å². The second kappa shape index (κ2) is 5.86. The molecule has 0 N–H and O–H groups in total. The van der Waals surface area contributed by atoms with Crippen LogP contribution in [0.1, 0.15) is 10.4 Å². The van der Waals surface area contributed by atoms with Crippen LogP contribution in [-0.2, 0) is 11.8 Å². The van der Waals surface area contributed by atoms with Gasteiger partial charge < -0.3 is 9.30 Å². The minimum absolute atomic E-state index is 0.373. The minimum atomic E-state index is -0.373. The number of halogens is 1. The molecule has 0 unspecified atom stereocenters. The quantitative estimate of drug-likeness (QED) is 0.507. The molecular formula is C19H14ClN3O2. The Morgan fingerprint density at radius 1 is 1.16 bits per heavy atom. The number of pyridine rings is 1. The zero-order valence-electron chi connectivity index (χ0n) is 13.7. The minimum Gasteiger partial charge on any atom is -0.465 e. The molecule has 6 heteroatoms. The molecule has 0 aliphatic heterocycles. The molecule has 4 aromatic rings. The number of rotatable bonds is 2. The first-order valence-corrected chi connectivity index (χ1v) is 8.05. The number of ether oxygens (including phenoxy) is 1. The maximum Gasteiger partial charge on any atom is 0.337 e. The van der Waals surface area contributed by atoms with Gasteiger partial charge in [-0.1, -0.05) is 17.7 Å². The number of aromatic nitrogens is 3. The number of esters is 1. The van der Waals surface area contributed by atoms with Gasteiger partial charge in [0.1, 0.15) is 5.69 Å². The Morgan fingerprint density at radius 3 is 2.80 bits per heavy atom. The summed E-state index contributed by atoms with van der Waals surface area (Å²) < 4.78 is 6.72. The summed E-state index contributed by atoms with van der Waals surface area (Å²) >= 11 is 6.09. The lowest BCUT2D eigenvalue weighted by Crippen LogP contribution is -2.01. The lowest BCUT2D eigenvalue weighted by atomic mass is 10.1. The van der Waals surface area contributed by atoms with Crippen molar-refractivity contribution in [1.29, 1.82) is 0 Å². The summed E-state index contributed by atoms with van der Waals surface area (Å²) in [5.41, 5.74) is 2.89. The molecule has 2 heterocycles. The Kier molecular flexibility index (Phi) is 3.66. The van der Waals surface area contributed by atoms with E-state index in [0.717, 1.165) is 33.3 Å². The molecule has 124 valence electrons. The second-order valence-corrected chi connectivity index (χ2v) is 6.15. The summed E-state index contributed by atoms with van der Waals surface area (Å²) in [5, 5.41) is 2.65. The maximum atomic E-state index is 11.8. The van der Waals surface area contributed by atoms with E-state index >= 15 is 0 Å². The number of nitrogens with zero attached hydrogens (tertiary/aromatic N) is 3. The highest BCUT2D eigenvalue weighted by atomic mass is 35.5. The number of fused-ring (bicyclic) bond motifs is 2. The van der Waals surface area contributed by atoms with Crippen molar-refractivity contribution in [3.8, 4) is 11.5 Å². The van der Waals surface area contributed by atoms with E-state index in [1.165, 1.54) is 7.11 Å². The summed E-state index contributed by atoms with van der Waals surface area (Å²) in [6.07, 6.45) is 1.74. The van der Waals surface area contributed by atoms with Crippen molar-refractivity contribution in [2.24, 2.45) is 7.05 Å². The largest absolute Gasteiger partial charge is 0.465 e. The normalized spacial score (nSPS) is 11.2. The van der Waals surface area contributed by atoms with Crippen molar-refractivity contribution < 1.29 is 9.53 Å². The smallest absolute Gasteiger partial charge is 0.337 e. The maximum absolute atomic E-state index is 11.8. The van der Waals surface area contributed by atoms with E-state index in [1.54, 1.807) is 18.3 Å². The van der Waals surface area contributed by atoms with E-state index in [4.69, 9.17) is 21.3 Å². The zero-order valence-corrected chi connectivity index (χ0v) is 14.4. The molecular weight excluding hydrogens is 338 g/mol. The van der Waals surface area contributed by atoms with Crippen LogP contribution in [0.15, 0.2) is 48.7 Å². The topological polar surface area (TPSA) is 57.0 Å². The number of imidazole rings is 1. The SMILES string of the molecule is COC(=O)c1ccc2nc(-c3nccc4cc(Cl)ccc34)n(C)c2c1. The van der Waals surface area contributed by atoms with Crippen LogP contribution in [0.3, 0.4) is 0 Å². The predicted molar refractivity (Wildman–Crippen MR) is 97.8 cm³/mol. The molecule has 0 saturated heterocycles. The highest BCUT2D eigenvalue weighted by Gasteiger charge is 2.16. The molecule has 0 fully saturated rings.